The first-order valence-electron chi connectivity index (χ1n) is 6.25. The molecule has 2 aliphatic rings. The lowest BCUT2D eigenvalue weighted by Crippen LogP contribution is -2.41. The molecule has 2 heterocycles. The molecule has 0 unspecified atom stereocenters. The van der Waals surface area contributed by atoms with E-state index in [-0.39, 0.29) is 17.5 Å². The molecule has 2 N–H and O–H groups in total. The number of carboxylic acids is 1. The third-order valence-corrected chi connectivity index (χ3v) is 3.90. The molecule has 96 valence electrons. The highest BCUT2D eigenvalue weighted by Crippen LogP contribution is 2.30. The van der Waals surface area contributed by atoms with E-state index in [4.69, 9.17) is 5.11 Å². The van der Waals surface area contributed by atoms with Crippen LogP contribution in [0.15, 0.2) is 0 Å². The second-order valence-corrected chi connectivity index (χ2v) is 4.97. The number of amides is 1. The summed E-state index contributed by atoms with van der Waals surface area (Å²) >= 11 is 0. The Morgan fingerprint density at radius 3 is 2.78 bits per heavy atom. The topological polar surface area (TPSA) is 86.3 Å². The van der Waals surface area contributed by atoms with Crippen molar-refractivity contribution in [2.75, 3.05) is 6.54 Å². The van der Waals surface area contributed by atoms with Crippen molar-refractivity contribution in [1.29, 1.82) is 0 Å². The summed E-state index contributed by atoms with van der Waals surface area (Å²) in [6.45, 7) is 1.03. The number of nitrogens with zero attached hydrogens (tertiary/aromatic N) is 2. The molecule has 3 rings (SSSR count). The van der Waals surface area contributed by atoms with Crippen LogP contribution in [0.2, 0.25) is 0 Å². The first-order valence-corrected chi connectivity index (χ1v) is 6.25. The molecule has 1 aliphatic carbocycles. The summed E-state index contributed by atoms with van der Waals surface area (Å²) in [7, 11) is 0. The van der Waals surface area contributed by atoms with Crippen LogP contribution in [0.1, 0.15) is 41.0 Å². The molecule has 1 aromatic heterocycles. The van der Waals surface area contributed by atoms with Gasteiger partial charge in [-0.1, -0.05) is 6.42 Å². The summed E-state index contributed by atoms with van der Waals surface area (Å²) in [6.07, 6.45) is 3.73. The molecule has 6 nitrogen and oxygen atoms in total. The van der Waals surface area contributed by atoms with E-state index in [0.29, 0.717) is 25.1 Å². The standard InChI is InChI=1S/C12H15N3O3/c16-11(7-2-1-3-7)15-5-4-9-8(6-15)10(12(17)18)14-13-9/h7H,1-6H2,(H,13,14)(H,17,18). The average Bonchev–Trinajstić information content (AvgIpc) is 2.68. The molecule has 6 heteroatoms. The second kappa shape index (κ2) is 4.12. The van der Waals surface area contributed by atoms with Gasteiger partial charge < -0.3 is 10.0 Å². The number of hydrogen-bond donors (Lipinski definition) is 2. The van der Waals surface area contributed by atoms with Crippen molar-refractivity contribution >= 4 is 11.9 Å². The van der Waals surface area contributed by atoms with Gasteiger partial charge in [0.15, 0.2) is 5.69 Å². The minimum atomic E-state index is -1.04. The number of carbonyl (C=O) groups is 2. The number of aromatic carboxylic acids is 1. The van der Waals surface area contributed by atoms with Gasteiger partial charge in [0.25, 0.3) is 0 Å². The minimum absolute atomic E-state index is 0.0520. The van der Waals surface area contributed by atoms with E-state index in [9.17, 15) is 9.59 Å². The first kappa shape index (κ1) is 11.3. The van der Waals surface area contributed by atoms with Crippen molar-refractivity contribution in [2.45, 2.75) is 32.2 Å². The van der Waals surface area contributed by atoms with E-state index in [1.54, 1.807) is 4.90 Å². The number of carbonyl (C=O) groups excluding carboxylic acids is 1. The first-order chi connectivity index (χ1) is 8.66. The molecular weight excluding hydrogens is 234 g/mol. The van der Waals surface area contributed by atoms with Crippen LogP contribution in [-0.4, -0.2) is 38.6 Å². The van der Waals surface area contributed by atoms with Crippen LogP contribution in [-0.2, 0) is 17.8 Å². The van der Waals surface area contributed by atoms with Crippen LogP contribution in [0.25, 0.3) is 0 Å². The Labute approximate surface area is 104 Å². The minimum Gasteiger partial charge on any atom is -0.476 e. The summed E-state index contributed by atoms with van der Waals surface area (Å²) in [5.74, 6) is -0.707. The summed E-state index contributed by atoms with van der Waals surface area (Å²) in [6, 6.07) is 0. The summed E-state index contributed by atoms with van der Waals surface area (Å²) in [4.78, 5) is 24.9. The van der Waals surface area contributed by atoms with Gasteiger partial charge in [-0.3, -0.25) is 9.89 Å². The average molecular weight is 249 g/mol. The third-order valence-electron chi connectivity index (χ3n) is 3.90. The fourth-order valence-corrected chi connectivity index (χ4v) is 2.57. The molecule has 1 saturated carbocycles. The van der Waals surface area contributed by atoms with Crippen molar-refractivity contribution in [1.82, 2.24) is 15.1 Å². The van der Waals surface area contributed by atoms with Gasteiger partial charge in [0.2, 0.25) is 5.91 Å². The number of nitrogens with one attached hydrogen (secondary N) is 1. The number of rotatable bonds is 2. The molecular formula is C12H15N3O3. The van der Waals surface area contributed by atoms with Gasteiger partial charge in [-0.2, -0.15) is 5.10 Å². The lowest BCUT2D eigenvalue weighted by molar-refractivity contribution is -0.139. The predicted molar refractivity (Wildman–Crippen MR) is 62.0 cm³/mol. The Hall–Kier alpha value is -1.85. The predicted octanol–water partition coefficient (Wildman–Crippen LogP) is 0.793. The second-order valence-electron chi connectivity index (χ2n) is 4.97. The van der Waals surface area contributed by atoms with Gasteiger partial charge in [0, 0.05) is 36.7 Å². The van der Waals surface area contributed by atoms with Crippen LogP contribution < -0.4 is 0 Å². The van der Waals surface area contributed by atoms with Gasteiger partial charge >= 0.3 is 5.97 Å². The Balaban J connectivity index is 1.80. The highest BCUT2D eigenvalue weighted by atomic mass is 16.4. The van der Waals surface area contributed by atoms with Crippen LogP contribution >= 0.6 is 0 Å². The lowest BCUT2D eigenvalue weighted by Gasteiger charge is -2.33. The molecule has 1 aliphatic heterocycles. The largest absolute Gasteiger partial charge is 0.476 e. The zero-order valence-electron chi connectivity index (χ0n) is 9.98. The van der Waals surface area contributed by atoms with Crippen LogP contribution in [0.4, 0.5) is 0 Å². The lowest BCUT2D eigenvalue weighted by atomic mass is 9.84. The molecule has 0 spiro atoms. The zero-order valence-corrected chi connectivity index (χ0v) is 9.98. The summed E-state index contributed by atoms with van der Waals surface area (Å²) < 4.78 is 0. The van der Waals surface area contributed by atoms with Gasteiger partial charge in [0.1, 0.15) is 0 Å². The monoisotopic (exact) mass is 249 g/mol. The summed E-state index contributed by atoms with van der Waals surface area (Å²) in [5.41, 5.74) is 1.57. The fraction of sp³-hybridized carbons (Fsp3) is 0.583. The number of carboxylic acid groups (broad SMARTS) is 1. The summed E-state index contributed by atoms with van der Waals surface area (Å²) in [5, 5.41) is 15.6. The maximum absolute atomic E-state index is 12.1. The maximum atomic E-state index is 12.1. The Kier molecular flexibility index (Phi) is 2.57. The van der Waals surface area contributed by atoms with Gasteiger partial charge in [0.05, 0.1) is 0 Å². The zero-order chi connectivity index (χ0) is 12.7. The molecule has 0 bridgehead atoms. The van der Waals surface area contributed by atoms with E-state index in [0.717, 1.165) is 25.0 Å². The van der Waals surface area contributed by atoms with E-state index >= 15 is 0 Å². The Morgan fingerprint density at radius 2 is 2.17 bits per heavy atom. The quantitative estimate of drug-likeness (QED) is 0.811. The van der Waals surface area contributed by atoms with Gasteiger partial charge in [-0.15, -0.1) is 0 Å². The van der Waals surface area contributed by atoms with Crippen LogP contribution in [0.5, 0.6) is 0 Å². The number of aromatic amines is 1. The molecule has 1 aromatic rings. The van der Waals surface area contributed by atoms with E-state index in [2.05, 4.69) is 10.2 Å². The van der Waals surface area contributed by atoms with Crippen molar-refractivity contribution in [3.05, 3.63) is 17.0 Å². The third kappa shape index (κ3) is 1.68. The van der Waals surface area contributed by atoms with Gasteiger partial charge in [-0.05, 0) is 12.8 Å². The smallest absolute Gasteiger partial charge is 0.356 e. The molecule has 0 saturated heterocycles. The maximum Gasteiger partial charge on any atom is 0.356 e. The molecule has 0 atom stereocenters. The van der Waals surface area contributed by atoms with E-state index < -0.39 is 5.97 Å². The fourth-order valence-electron chi connectivity index (χ4n) is 2.57. The number of aromatic nitrogens is 2. The van der Waals surface area contributed by atoms with E-state index in [1.807, 2.05) is 0 Å². The van der Waals surface area contributed by atoms with Crippen molar-refractivity contribution in [2.24, 2.45) is 5.92 Å². The molecule has 0 aromatic carbocycles. The molecule has 1 fully saturated rings. The SMILES string of the molecule is O=C(O)c1n[nH]c2c1CN(C(=O)C1CCC1)CC2. The Bertz CT molecular complexity index is 505. The Morgan fingerprint density at radius 1 is 1.39 bits per heavy atom. The van der Waals surface area contributed by atoms with Crippen molar-refractivity contribution in [3.8, 4) is 0 Å². The van der Waals surface area contributed by atoms with E-state index in [1.165, 1.54) is 0 Å². The number of hydrogen-bond acceptors (Lipinski definition) is 3. The molecule has 0 radical (unpaired) electrons. The van der Waals surface area contributed by atoms with Crippen molar-refractivity contribution in [3.63, 3.8) is 0 Å². The van der Waals surface area contributed by atoms with Crippen LogP contribution in [0, 0.1) is 5.92 Å². The van der Waals surface area contributed by atoms with Crippen LogP contribution in [0.3, 0.4) is 0 Å². The molecule has 1 amide bonds. The normalized spacial score (nSPS) is 19.2. The number of H-pyrrole nitrogens is 1. The molecule has 18 heavy (non-hydrogen) atoms. The number of fused-ring (bicyclic) bond motifs is 1. The van der Waals surface area contributed by atoms with Gasteiger partial charge in [-0.25, -0.2) is 4.79 Å². The highest BCUT2D eigenvalue weighted by molar-refractivity contribution is 5.88. The van der Waals surface area contributed by atoms with Crippen molar-refractivity contribution < 1.29 is 14.7 Å². The highest BCUT2D eigenvalue weighted by Gasteiger charge is 2.33.